The van der Waals surface area contributed by atoms with Crippen LogP contribution in [0.25, 0.3) is 0 Å². The summed E-state index contributed by atoms with van der Waals surface area (Å²) in [6.45, 7) is 6.60. The van der Waals surface area contributed by atoms with Gasteiger partial charge in [0.05, 0.1) is 6.20 Å². The number of rotatable bonds is 7. The molecular formula is C13H23N3. The summed E-state index contributed by atoms with van der Waals surface area (Å²) in [4.78, 5) is 0. The van der Waals surface area contributed by atoms with E-state index < -0.39 is 0 Å². The van der Waals surface area contributed by atoms with Crippen LogP contribution in [0.1, 0.15) is 38.7 Å². The van der Waals surface area contributed by atoms with Crippen LogP contribution in [0.5, 0.6) is 0 Å². The minimum atomic E-state index is 0.751. The first-order chi connectivity index (χ1) is 7.78. The average molecular weight is 221 g/mol. The van der Waals surface area contributed by atoms with Crippen molar-refractivity contribution in [1.82, 2.24) is 15.1 Å². The highest BCUT2D eigenvalue weighted by molar-refractivity contribution is 5.04. The summed E-state index contributed by atoms with van der Waals surface area (Å²) in [7, 11) is 0. The number of nitrogens with one attached hydrogen (secondary N) is 1. The lowest BCUT2D eigenvalue weighted by molar-refractivity contribution is 0.497. The number of aryl methyl sites for hydroxylation is 1. The van der Waals surface area contributed by atoms with E-state index in [9.17, 15) is 0 Å². The average Bonchev–Trinajstić information content (AvgIpc) is 2.97. The summed E-state index contributed by atoms with van der Waals surface area (Å²) < 4.78 is 2.00. The van der Waals surface area contributed by atoms with Gasteiger partial charge in [-0.25, -0.2) is 0 Å². The Balaban J connectivity index is 1.66. The molecule has 0 amide bonds. The zero-order chi connectivity index (χ0) is 11.4. The van der Waals surface area contributed by atoms with Crippen LogP contribution in [-0.4, -0.2) is 22.4 Å². The van der Waals surface area contributed by atoms with Crippen LogP contribution in [0.4, 0.5) is 0 Å². The van der Waals surface area contributed by atoms with Crippen molar-refractivity contribution in [2.45, 2.75) is 52.1 Å². The summed E-state index contributed by atoms with van der Waals surface area (Å²) in [5.74, 6) is 0.751. The van der Waals surface area contributed by atoms with E-state index in [-0.39, 0.29) is 0 Å². The number of aromatic nitrogens is 2. The van der Waals surface area contributed by atoms with E-state index in [0.717, 1.165) is 24.9 Å². The fourth-order valence-electron chi connectivity index (χ4n) is 2.01. The van der Waals surface area contributed by atoms with Gasteiger partial charge in [0.1, 0.15) is 0 Å². The van der Waals surface area contributed by atoms with Gasteiger partial charge < -0.3 is 5.32 Å². The predicted octanol–water partition coefficient (Wildman–Crippen LogP) is 2.22. The van der Waals surface area contributed by atoms with Crippen LogP contribution in [0, 0.1) is 5.92 Å². The molecule has 3 nitrogen and oxygen atoms in total. The highest BCUT2D eigenvalue weighted by Gasteiger charge is 2.19. The van der Waals surface area contributed by atoms with E-state index in [2.05, 4.69) is 30.5 Å². The molecule has 0 aliphatic heterocycles. The van der Waals surface area contributed by atoms with Crippen LogP contribution in [0.15, 0.2) is 12.4 Å². The first-order valence-corrected chi connectivity index (χ1v) is 6.52. The van der Waals surface area contributed by atoms with Crippen molar-refractivity contribution < 1.29 is 0 Å². The molecule has 1 N–H and O–H groups in total. The molecule has 1 aliphatic carbocycles. The molecule has 1 heterocycles. The lowest BCUT2D eigenvalue weighted by Gasteiger charge is -2.10. The van der Waals surface area contributed by atoms with Gasteiger partial charge in [-0.2, -0.15) is 5.10 Å². The molecule has 1 fully saturated rings. The van der Waals surface area contributed by atoms with E-state index >= 15 is 0 Å². The Morgan fingerprint density at radius 3 is 3.00 bits per heavy atom. The van der Waals surface area contributed by atoms with E-state index in [1.165, 1.54) is 31.4 Å². The fraction of sp³-hybridized carbons (Fsp3) is 0.769. The van der Waals surface area contributed by atoms with Crippen molar-refractivity contribution in [3.05, 3.63) is 18.0 Å². The maximum absolute atomic E-state index is 4.31. The molecular weight excluding hydrogens is 198 g/mol. The normalized spacial score (nSPS) is 17.6. The zero-order valence-corrected chi connectivity index (χ0v) is 10.4. The van der Waals surface area contributed by atoms with Crippen molar-refractivity contribution in [3.63, 3.8) is 0 Å². The van der Waals surface area contributed by atoms with Crippen molar-refractivity contribution in [2.75, 3.05) is 6.54 Å². The molecule has 1 aromatic rings. The van der Waals surface area contributed by atoms with Crippen LogP contribution in [0.3, 0.4) is 0 Å². The molecule has 1 aromatic heterocycles. The molecule has 3 heteroatoms. The minimum absolute atomic E-state index is 0.751. The highest BCUT2D eigenvalue weighted by atomic mass is 15.3. The lowest BCUT2D eigenvalue weighted by Crippen LogP contribution is -2.19. The third-order valence-electron chi connectivity index (χ3n) is 3.24. The molecule has 2 rings (SSSR count). The second-order valence-electron chi connectivity index (χ2n) is 5.03. The molecule has 0 bridgehead atoms. The Kier molecular flexibility index (Phi) is 3.99. The van der Waals surface area contributed by atoms with E-state index in [1.807, 2.05) is 10.9 Å². The van der Waals surface area contributed by atoms with Gasteiger partial charge in [-0.3, -0.25) is 4.68 Å². The third kappa shape index (κ3) is 3.63. The quantitative estimate of drug-likeness (QED) is 0.765. The second-order valence-corrected chi connectivity index (χ2v) is 5.03. The summed E-state index contributed by atoms with van der Waals surface area (Å²) in [6.07, 6.45) is 9.38. The van der Waals surface area contributed by atoms with Gasteiger partial charge in [0.25, 0.3) is 0 Å². The van der Waals surface area contributed by atoms with Crippen molar-refractivity contribution in [1.29, 1.82) is 0 Å². The molecule has 0 spiro atoms. The van der Waals surface area contributed by atoms with E-state index in [4.69, 9.17) is 0 Å². The van der Waals surface area contributed by atoms with Gasteiger partial charge in [-0.05, 0) is 50.6 Å². The smallest absolute Gasteiger partial charge is 0.0521 e. The van der Waals surface area contributed by atoms with E-state index in [0.29, 0.717) is 0 Å². The van der Waals surface area contributed by atoms with Gasteiger partial charge in [0.2, 0.25) is 0 Å². The maximum Gasteiger partial charge on any atom is 0.0521 e. The second kappa shape index (κ2) is 5.48. The van der Waals surface area contributed by atoms with Crippen LogP contribution >= 0.6 is 0 Å². The summed E-state index contributed by atoms with van der Waals surface area (Å²) >= 11 is 0. The molecule has 1 aliphatic rings. The Morgan fingerprint density at radius 1 is 1.56 bits per heavy atom. The van der Waals surface area contributed by atoms with E-state index in [1.54, 1.807) is 0 Å². The molecule has 0 saturated heterocycles. The number of hydrogen-bond donors (Lipinski definition) is 1. The van der Waals surface area contributed by atoms with Gasteiger partial charge >= 0.3 is 0 Å². The summed E-state index contributed by atoms with van der Waals surface area (Å²) in [6, 6.07) is 0.843. The van der Waals surface area contributed by atoms with Crippen LogP contribution < -0.4 is 5.32 Å². The predicted molar refractivity (Wildman–Crippen MR) is 66.4 cm³/mol. The topological polar surface area (TPSA) is 29.9 Å². The molecule has 0 radical (unpaired) electrons. The van der Waals surface area contributed by atoms with Gasteiger partial charge in [0.15, 0.2) is 0 Å². The van der Waals surface area contributed by atoms with Crippen molar-refractivity contribution in [2.24, 2.45) is 5.92 Å². The molecule has 90 valence electrons. The van der Waals surface area contributed by atoms with Crippen LogP contribution in [-0.2, 0) is 13.0 Å². The summed E-state index contributed by atoms with van der Waals surface area (Å²) in [5, 5.41) is 7.88. The number of hydrogen-bond acceptors (Lipinski definition) is 2. The highest BCUT2D eigenvalue weighted by Crippen LogP contribution is 2.19. The molecule has 1 atom stereocenters. The van der Waals surface area contributed by atoms with Gasteiger partial charge in [0, 0.05) is 18.8 Å². The van der Waals surface area contributed by atoms with Gasteiger partial charge in [-0.1, -0.05) is 6.92 Å². The molecule has 16 heavy (non-hydrogen) atoms. The van der Waals surface area contributed by atoms with Crippen molar-refractivity contribution >= 4 is 0 Å². The SMILES string of the molecule is CCn1cc(CC(C)CCNC2CC2)cn1. The number of nitrogens with zero attached hydrogens (tertiary/aromatic N) is 2. The first kappa shape index (κ1) is 11.6. The minimum Gasteiger partial charge on any atom is -0.314 e. The third-order valence-corrected chi connectivity index (χ3v) is 3.24. The van der Waals surface area contributed by atoms with Gasteiger partial charge in [-0.15, -0.1) is 0 Å². The fourth-order valence-corrected chi connectivity index (χ4v) is 2.01. The Hall–Kier alpha value is -0.830. The first-order valence-electron chi connectivity index (χ1n) is 6.52. The Labute approximate surface area is 98.2 Å². The Morgan fingerprint density at radius 2 is 2.38 bits per heavy atom. The van der Waals surface area contributed by atoms with Crippen molar-refractivity contribution in [3.8, 4) is 0 Å². The molecule has 0 aromatic carbocycles. The standard InChI is InChI=1S/C13H23N3/c1-3-16-10-12(9-15-16)8-11(2)6-7-14-13-4-5-13/h9-11,13-14H,3-8H2,1-2H3. The largest absolute Gasteiger partial charge is 0.314 e. The lowest BCUT2D eigenvalue weighted by atomic mass is 10.0. The Bertz CT molecular complexity index is 315. The summed E-state index contributed by atoms with van der Waals surface area (Å²) in [5.41, 5.74) is 1.38. The zero-order valence-electron chi connectivity index (χ0n) is 10.4. The molecule has 1 saturated carbocycles. The molecule has 1 unspecified atom stereocenters. The monoisotopic (exact) mass is 221 g/mol. The maximum atomic E-state index is 4.31. The van der Waals surface area contributed by atoms with Crippen LogP contribution in [0.2, 0.25) is 0 Å².